The normalized spacial score (nSPS) is 10.9. The molecule has 10 heteroatoms. The number of benzene rings is 1. The van der Waals surface area contributed by atoms with E-state index >= 15 is 0 Å². The molecule has 0 fully saturated rings. The summed E-state index contributed by atoms with van der Waals surface area (Å²) in [5, 5.41) is 3.94. The van der Waals surface area contributed by atoms with E-state index in [0.717, 1.165) is 23.0 Å². The lowest BCUT2D eigenvalue weighted by Gasteiger charge is -2.09. The first-order valence-corrected chi connectivity index (χ1v) is 12.9. The summed E-state index contributed by atoms with van der Waals surface area (Å²) in [5.74, 6) is 0.334. The van der Waals surface area contributed by atoms with E-state index in [0.29, 0.717) is 24.7 Å². The van der Waals surface area contributed by atoms with Crippen LogP contribution in [0.25, 0.3) is 10.9 Å². The van der Waals surface area contributed by atoms with E-state index in [1.807, 2.05) is 18.2 Å². The van der Waals surface area contributed by atoms with Gasteiger partial charge in [0.05, 0.1) is 18.8 Å². The van der Waals surface area contributed by atoms with Crippen molar-refractivity contribution in [2.75, 3.05) is 26.9 Å². The van der Waals surface area contributed by atoms with Gasteiger partial charge < -0.3 is 19.5 Å². The molecule has 0 aliphatic heterocycles. The van der Waals surface area contributed by atoms with Gasteiger partial charge in [-0.2, -0.15) is 0 Å². The number of hydrogen-bond donors (Lipinski definition) is 1. The number of fused-ring (bicyclic) bond motifs is 1. The summed E-state index contributed by atoms with van der Waals surface area (Å²) >= 11 is 2.26. The van der Waals surface area contributed by atoms with Gasteiger partial charge in [-0.1, -0.05) is 0 Å². The molecular weight excluding hydrogens is 536 g/mol. The van der Waals surface area contributed by atoms with Crippen molar-refractivity contribution >= 4 is 47.1 Å². The van der Waals surface area contributed by atoms with Crippen LogP contribution in [0.15, 0.2) is 30.5 Å². The second kappa shape index (κ2) is 10.9. The molecule has 0 spiro atoms. The molecule has 1 N–H and O–H groups in total. The van der Waals surface area contributed by atoms with Crippen LogP contribution in [0.4, 0.5) is 4.39 Å². The van der Waals surface area contributed by atoms with E-state index in [1.165, 1.54) is 31.9 Å². The van der Waals surface area contributed by atoms with Crippen molar-refractivity contribution in [2.45, 2.75) is 20.3 Å². The van der Waals surface area contributed by atoms with E-state index in [4.69, 9.17) is 14.2 Å². The van der Waals surface area contributed by atoms with Gasteiger partial charge in [0.2, 0.25) is 11.8 Å². The molecule has 2 aromatic heterocycles. The fraction of sp³-hybridized carbons (Fsp3) is 0.333. The summed E-state index contributed by atoms with van der Waals surface area (Å²) in [6, 6.07) is 7.17. The summed E-state index contributed by atoms with van der Waals surface area (Å²) in [7, 11) is 2.96. The van der Waals surface area contributed by atoms with Gasteiger partial charge in [-0.15, -0.1) is 0 Å². The predicted molar refractivity (Wildman–Crippen MR) is 128 cm³/mol. The highest BCUT2D eigenvalue weighted by molar-refractivity contribution is 14.2. The molecule has 0 aliphatic carbocycles. The van der Waals surface area contributed by atoms with Crippen LogP contribution < -0.4 is 19.5 Å². The summed E-state index contributed by atoms with van der Waals surface area (Å²) in [5.41, 5.74) is 3.42. The zero-order chi connectivity index (χ0) is 22.4. The Hall–Kier alpha value is -2.21. The van der Waals surface area contributed by atoms with Gasteiger partial charge in [0.15, 0.2) is 5.82 Å². The van der Waals surface area contributed by atoms with Crippen LogP contribution in [-0.4, -0.2) is 41.7 Å². The first-order valence-electron chi connectivity index (χ1n) is 9.57. The lowest BCUT2D eigenvalue weighted by Crippen LogP contribution is -2.22. The van der Waals surface area contributed by atoms with Crippen molar-refractivity contribution in [3.05, 3.63) is 47.5 Å². The van der Waals surface area contributed by atoms with Gasteiger partial charge in [-0.3, -0.25) is 8.77 Å². The maximum Gasteiger partial charge on any atom is 0.250 e. The standard InChI is InChI=1S/C21H23FIN3O4S/c1-13-17(6-7-24-14(2)27)18-10-15(4-5-20(18)26(13)31-23)29-8-9-30-16-11-19(22)21(28-3)25-12-16/h4-5,10-12H,6-9H2,1-3H3,(H,24,27). The number of nitrogens with one attached hydrogen (secondary N) is 1. The topological polar surface area (TPSA) is 74.6 Å². The van der Waals surface area contributed by atoms with Gasteiger partial charge in [-0.25, -0.2) is 9.37 Å². The zero-order valence-electron chi connectivity index (χ0n) is 17.4. The highest BCUT2D eigenvalue weighted by Gasteiger charge is 2.15. The van der Waals surface area contributed by atoms with Gasteiger partial charge in [0.1, 0.15) is 24.7 Å². The number of aromatic nitrogens is 2. The fourth-order valence-electron chi connectivity index (χ4n) is 3.25. The maximum atomic E-state index is 13.7. The zero-order valence-corrected chi connectivity index (χ0v) is 20.4. The molecule has 31 heavy (non-hydrogen) atoms. The van der Waals surface area contributed by atoms with Crippen molar-refractivity contribution in [1.29, 1.82) is 0 Å². The minimum atomic E-state index is -0.578. The van der Waals surface area contributed by atoms with E-state index in [-0.39, 0.29) is 18.4 Å². The molecular formula is C21H23FIN3O4S. The number of ether oxygens (including phenoxy) is 3. The SMILES string of the molecule is COc1ncc(OCCOc2ccc3c(c2)c(CCNC(C)=O)c(C)n3SI)cc1F. The summed E-state index contributed by atoms with van der Waals surface area (Å²) in [6.45, 7) is 4.70. The Morgan fingerprint density at radius 3 is 2.65 bits per heavy atom. The minimum absolute atomic E-state index is 0.0411. The Morgan fingerprint density at radius 2 is 2.00 bits per heavy atom. The van der Waals surface area contributed by atoms with Gasteiger partial charge in [0, 0.05) is 60.9 Å². The van der Waals surface area contributed by atoms with Crippen molar-refractivity contribution in [3.63, 3.8) is 0 Å². The fourth-order valence-corrected chi connectivity index (χ4v) is 5.22. The summed E-state index contributed by atoms with van der Waals surface area (Å²) in [6.07, 6.45) is 2.14. The third kappa shape index (κ3) is 5.73. The molecule has 0 bridgehead atoms. The number of amides is 1. The van der Waals surface area contributed by atoms with Gasteiger partial charge in [0.25, 0.3) is 0 Å². The van der Waals surface area contributed by atoms with Gasteiger partial charge >= 0.3 is 0 Å². The van der Waals surface area contributed by atoms with Crippen LogP contribution in [0.3, 0.4) is 0 Å². The highest BCUT2D eigenvalue weighted by atomic mass is 127. The van der Waals surface area contributed by atoms with Crippen LogP contribution in [0.5, 0.6) is 17.4 Å². The number of carbonyl (C=O) groups is 1. The molecule has 0 unspecified atom stereocenters. The average Bonchev–Trinajstić information content (AvgIpc) is 3.01. The Labute approximate surface area is 196 Å². The first kappa shape index (κ1) is 23.5. The Morgan fingerprint density at radius 1 is 1.26 bits per heavy atom. The number of hydrogen-bond acceptors (Lipinski definition) is 6. The lowest BCUT2D eigenvalue weighted by atomic mass is 10.1. The highest BCUT2D eigenvalue weighted by Crippen LogP contribution is 2.34. The maximum absolute atomic E-state index is 13.7. The molecule has 0 saturated heterocycles. The third-order valence-electron chi connectivity index (χ3n) is 4.67. The molecule has 2 heterocycles. The molecule has 0 radical (unpaired) electrons. The molecule has 1 aromatic carbocycles. The third-order valence-corrected chi connectivity index (χ3v) is 6.46. The minimum Gasteiger partial charge on any atom is -0.490 e. The average molecular weight is 559 g/mol. The molecule has 7 nitrogen and oxygen atoms in total. The monoisotopic (exact) mass is 559 g/mol. The molecule has 0 atom stereocenters. The second-order valence-electron chi connectivity index (χ2n) is 6.70. The molecule has 0 saturated carbocycles. The van der Waals surface area contributed by atoms with Crippen molar-refractivity contribution in [3.8, 4) is 17.4 Å². The van der Waals surface area contributed by atoms with Crippen LogP contribution in [0.2, 0.25) is 0 Å². The van der Waals surface area contributed by atoms with E-state index < -0.39 is 5.82 Å². The van der Waals surface area contributed by atoms with Gasteiger partial charge in [-0.05, 0) is 37.1 Å². The predicted octanol–water partition coefficient (Wildman–Crippen LogP) is 4.48. The van der Waals surface area contributed by atoms with Crippen LogP contribution in [-0.2, 0) is 11.2 Å². The van der Waals surface area contributed by atoms with Crippen molar-refractivity contribution in [2.24, 2.45) is 0 Å². The van der Waals surface area contributed by atoms with Crippen molar-refractivity contribution in [1.82, 2.24) is 14.3 Å². The first-order chi connectivity index (χ1) is 14.9. The van der Waals surface area contributed by atoms with E-state index in [1.54, 1.807) is 9.12 Å². The van der Waals surface area contributed by atoms with Crippen LogP contribution in [0.1, 0.15) is 18.2 Å². The smallest absolute Gasteiger partial charge is 0.250 e. The lowest BCUT2D eigenvalue weighted by molar-refractivity contribution is -0.118. The molecule has 0 aliphatic rings. The Bertz CT molecular complexity index is 1080. The number of rotatable bonds is 10. The molecule has 3 aromatic rings. The molecule has 166 valence electrons. The molecule has 3 rings (SSSR count). The Balaban J connectivity index is 1.67. The van der Waals surface area contributed by atoms with Crippen LogP contribution >= 0.6 is 30.3 Å². The number of pyridine rings is 1. The van der Waals surface area contributed by atoms with E-state index in [2.05, 4.69) is 42.4 Å². The number of methoxy groups -OCH3 is 1. The largest absolute Gasteiger partial charge is 0.490 e. The number of nitrogens with zero attached hydrogens (tertiary/aromatic N) is 2. The Kier molecular flexibility index (Phi) is 8.24. The summed E-state index contributed by atoms with van der Waals surface area (Å²) in [4.78, 5) is 15.1. The summed E-state index contributed by atoms with van der Waals surface area (Å²) < 4.78 is 32.0. The van der Waals surface area contributed by atoms with Crippen molar-refractivity contribution < 1.29 is 23.4 Å². The number of carbonyl (C=O) groups excluding carboxylic acids is 1. The molecule has 1 amide bonds. The quantitative estimate of drug-likeness (QED) is 0.292. The van der Waals surface area contributed by atoms with Crippen LogP contribution in [0, 0.1) is 12.7 Å². The second-order valence-corrected chi connectivity index (χ2v) is 8.38. The van der Waals surface area contributed by atoms with E-state index in [9.17, 15) is 9.18 Å². The number of halogens is 2.